The van der Waals surface area contributed by atoms with Crippen molar-refractivity contribution >= 4 is 53.0 Å². The second-order valence-corrected chi connectivity index (χ2v) is 8.92. The van der Waals surface area contributed by atoms with E-state index in [2.05, 4.69) is 42.7 Å². The minimum atomic E-state index is 0. The molecule has 4 nitrogen and oxygen atoms in total. The number of halogens is 1. The van der Waals surface area contributed by atoms with Crippen molar-refractivity contribution in [3.63, 3.8) is 0 Å². The smallest absolute Gasteiger partial charge is 0.191 e. The second-order valence-electron chi connectivity index (χ2n) is 6.50. The number of thiazole rings is 1. The van der Waals surface area contributed by atoms with E-state index < -0.39 is 0 Å². The van der Waals surface area contributed by atoms with Crippen LogP contribution in [0, 0.1) is 6.92 Å². The molecule has 0 radical (unpaired) electrons. The van der Waals surface area contributed by atoms with Crippen molar-refractivity contribution in [1.82, 2.24) is 15.6 Å². The second kappa shape index (κ2) is 10.9. The van der Waals surface area contributed by atoms with Crippen LogP contribution in [0.3, 0.4) is 0 Å². The maximum Gasteiger partial charge on any atom is 0.191 e. The first kappa shape index (κ1) is 22.0. The number of nitrogens with one attached hydrogen (secondary N) is 2. The highest BCUT2D eigenvalue weighted by molar-refractivity contribution is 14.0. The summed E-state index contributed by atoms with van der Waals surface area (Å²) in [5, 5.41) is 8.94. The number of hydrogen-bond acceptors (Lipinski definition) is 4. The van der Waals surface area contributed by atoms with Crippen molar-refractivity contribution < 1.29 is 0 Å². The van der Waals surface area contributed by atoms with E-state index in [1.165, 1.54) is 36.3 Å². The Hall–Kier alpha value is -0.0200. The largest absolute Gasteiger partial charge is 0.354 e. The van der Waals surface area contributed by atoms with Crippen molar-refractivity contribution in [2.24, 2.45) is 4.99 Å². The molecule has 2 atom stereocenters. The summed E-state index contributed by atoms with van der Waals surface area (Å²) < 4.78 is 0. The average molecular weight is 483 g/mol. The molecule has 138 valence electrons. The molecule has 1 heterocycles. The molecule has 24 heavy (non-hydrogen) atoms. The van der Waals surface area contributed by atoms with Crippen LogP contribution in [0.4, 0.5) is 0 Å². The van der Waals surface area contributed by atoms with Crippen LogP contribution in [0.25, 0.3) is 0 Å². The number of guanidine groups is 1. The fraction of sp³-hybridized carbons (Fsp3) is 0.765. The molecule has 1 aliphatic rings. The van der Waals surface area contributed by atoms with Crippen LogP contribution in [0.1, 0.15) is 61.0 Å². The van der Waals surface area contributed by atoms with E-state index in [9.17, 15) is 0 Å². The number of aryl methyl sites for hydroxylation is 1. The molecule has 1 aromatic rings. The molecule has 2 unspecified atom stereocenters. The quantitative estimate of drug-likeness (QED) is 0.368. The Labute approximate surface area is 172 Å². The average Bonchev–Trinajstić information content (AvgIpc) is 2.92. The van der Waals surface area contributed by atoms with Gasteiger partial charge in [0.25, 0.3) is 0 Å². The summed E-state index contributed by atoms with van der Waals surface area (Å²) in [6.07, 6.45) is 7.35. The van der Waals surface area contributed by atoms with E-state index in [-0.39, 0.29) is 24.0 Å². The van der Waals surface area contributed by atoms with Gasteiger partial charge in [0.05, 0.1) is 12.2 Å². The van der Waals surface area contributed by atoms with Gasteiger partial charge < -0.3 is 10.6 Å². The van der Waals surface area contributed by atoms with E-state index in [0.29, 0.717) is 12.0 Å². The first-order valence-corrected chi connectivity index (χ1v) is 10.6. The molecular formula is C17H31IN4S2. The zero-order valence-corrected chi connectivity index (χ0v) is 19.4. The lowest BCUT2D eigenvalue weighted by molar-refractivity contribution is 0.419. The van der Waals surface area contributed by atoms with Gasteiger partial charge in [-0.15, -0.1) is 35.3 Å². The van der Waals surface area contributed by atoms with E-state index in [0.717, 1.165) is 22.8 Å². The molecule has 2 N–H and O–H groups in total. The molecule has 1 aliphatic carbocycles. The molecule has 7 heteroatoms. The number of thioether (sulfide) groups is 1. The molecule has 1 aromatic heterocycles. The van der Waals surface area contributed by atoms with E-state index >= 15 is 0 Å². The number of hydrogen-bond donors (Lipinski definition) is 2. The van der Waals surface area contributed by atoms with Gasteiger partial charge in [0, 0.05) is 23.2 Å². The highest BCUT2D eigenvalue weighted by atomic mass is 127. The number of aromatic nitrogens is 1. The molecule has 2 rings (SSSR count). The Morgan fingerprint density at radius 1 is 1.42 bits per heavy atom. The highest BCUT2D eigenvalue weighted by Gasteiger charge is 2.22. The fourth-order valence-corrected chi connectivity index (χ4v) is 4.97. The summed E-state index contributed by atoms with van der Waals surface area (Å²) in [6.45, 7) is 7.31. The van der Waals surface area contributed by atoms with Gasteiger partial charge in [-0.25, -0.2) is 4.98 Å². The van der Waals surface area contributed by atoms with Crippen molar-refractivity contribution in [3.05, 3.63) is 15.6 Å². The lowest BCUT2D eigenvalue weighted by Crippen LogP contribution is -2.45. The standard InChI is InChI=1S/C17H30N4S2.HI/c1-11(2)16-12(3)23-15(21-16)10-19-17(18-4)20-13-7-6-8-14(9-13)22-5;/h11,13-14H,6-10H2,1-5H3,(H2,18,19,20);1H. The topological polar surface area (TPSA) is 49.3 Å². The minimum absolute atomic E-state index is 0. The maximum absolute atomic E-state index is 4.76. The van der Waals surface area contributed by atoms with Gasteiger partial charge in [0.1, 0.15) is 5.01 Å². The molecule has 0 aliphatic heterocycles. The summed E-state index contributed by atoms with van der Waals surface area (Å²) in [7, 11) is 1.84. The number of rotatable bonds is 5. The van der Waals surface area contributed by atoms with Crippen molar-refractivity contribution in [2.45, 2.75) is 70.2 Å². The van der Waals surface area contributed by atoms with Crippen LogP contribution in [0.2, 0.25) is 0 Å². The molecule has 0 bridgehead atoms. The predicted octanol–water partition coefficient (Wildman–Crippen LogP) is 4.53. The Bertz CT molecular complexity index is 531. The van der Waals surface area contributed by atoms with Gasteiger partial charge in [-0.2, -0.15) is 11.8 Å². The summed E-state index contributed by atoms with van der Waals surface area (Å²) in [5.74, 6) is 1.39. The first-order chi connectivity index (χ1) is 11.0. The molecule has 1 fully saturated rings. The van der Waals surface area contributed by atoms with Crippen LogP contribution in [-0.2, 0) is 6.54 Å². The SMILES string of the molecule is CN=C(NCc1nc(C(C)C)c(C)s1)NC1CCCC(SC)C1.I. The van der Waals surface area contributed by atoms with Crippen molar-refractivity contribution in [1.29, 1.82) is 0 Å². The summed E-state index contributed by atoms with van der Waals surface area (Å²) in [4.78, 5) is 10.5. The predicted molar refractivity (Wildman–Crippen MR) is 119 cm³/mol. The highest BCUT2D eigenvalue weighted by Crippen LogP contribution is 2.27. The molecule has 0 amide bonds. The molecule has 1 saturated carbocycles. The Morgan fingerprint density at radius 3 is 2.75 bits per heavy atom. The molecule has 0 aromatic carbocycles. The van der Waals surface area contributed by atoms with Gasteiger partial charge in [-0.3, -0.25) is 4.99 Å². The van der Waals surface area contributed by atoms with Crippen LogP contribution in [0.15, 0.2) is 4.99 Å². The minimum Gasteiger partial charge on any atom is -0.354 e. The third-order valence-corrected chi connectivity index (χ3v) is 6.44. The summed E-state index contributed by atoms with van der Waals surface area (Å²) in [5.41, 5.74) is 1.23. The van der Waals surface area contributed by atoms with Gasteiger partial charge in [0.2, 0.25) is 0 Å². The number of nitrogens with zero attached hydrogens (tertiary/aromatic N) is 2. The zero-order valence-electron chi connectivity index (χ0n) is 15.4. The molecular weight excluding hydrogens is 451 g/mol. The van der Waals surface area contributed by atoms with Gasteiger partial charge >= 0.3 is 0 Å². The van der Waals surface area contributed by atoms with E-state index in [1.54, 1.807) is 11.3 Å². The van der Waals surface area contributed by atoms with Gasteiger partial charge in [0.15, 0.2) is 5.96 Å². The third-order valence-electron chi connectivity index (χ3n) is 4.35. The van der Waals surface area contributed by atoms with Crippen molar-refractivity contribution in [2.75, 3.05) is 13.3 Å². The Morgan fingerprint density at radius 2 is 2.17 bits per heavy atom. The van der Waals surface area contributed by atoms with Crippen molar-refractivity contribution in [3.8, 4) is 0 Å². The summed E-state index contributed by atoms with van der Waals surface area (Å²) in [6, 6.07) is 0.539. The number of aliphatic imine (C=N–C) groups is 1. The zero-order chi connectivity index (χ0) is 16.8. The van der Waals surface area contributed by atoms with E-state index in [1.807, 2.05) is 18.8 Å². The van der Waals surface area contributed by atoms with Crippen LogP contribution >= 0.6 is 47.1 Å². The summed E-state index contributed by atoms with van der Waals surface area (Å²) >= 11 is 3.78. The lowest BCUT2D eigenvalue weighted by Gasteiger charge is -2.29. The lowest BCUT2D eigenvalue weighted by atomic mass is 9.95. The maximum atomic E-state index is 4.76. The van der Waals surface area contributed by atoms with Gasteiger partial charge in [-0.05, 0) is 38.4 Å². The van der Waals surface area contributed by atoms with Crippen LogP contribution in [0.5, 0.6) is 0 Å². The molecule has 0 saturated heterocycles. The van der Waals surface area contributed by atoms with Crippen LogP contribution in [-0.4, -0.2) is 35.5 Å². The fourth-order valence-electron chi connectivity index (χ4n) is 3.11. The molecule has 0 spiro atoms. The van der Waals surface area contributed by atoms with Gasteiger partial charge in [-0.1, -0.05) is 20.3 Å². The monoisotopic (exact) mass is 482 g/mol. The Kier molecular flexibility index (Phi) is 9.96. The van der Waals surface area contributed by atoms with Crippen LogP contribution < -0.4 is 10.6 Å². The third kappa shape index (κ3) is 6.37. The van der Waals surface area contributed by atoms with E-state index in [4.69, 9.17) is 4.98 Å². The first-order valence-electron chi connectivity index (χ1n) is 8.49. The normalized spacial score (nSPS) is 21.5. The Balaban J connectivity index is 0.00000288.